The molecule has 2 aromatic heterocycles. The van der Waals surface area contributed by atoms with Crippen molar-refractivity contribution >= 4 is 29.9 Å². The van der Waals surface area contributed by atoms with Crippen molar-refractivity contribution in [2.45, 2.75) is 33.1 Å². The lowest BCUT2D eigenvalue weighted by Crippen LogP contribution is -2.38. The lowest BCUT2D eigenvalue weighted by molar-refractivity contribution is 0.421. The van der Waals surface area contributed by atoms with Crippen molar-refractivity contribution < 1.29 is 4.52 Å². The zero-order valence-electron chi connectivity index (χ0n) is 17.6. The number of hydrogen-bond acceptors (Lipinski definition) is 5. The van der Waals surface area contributed by atoms with Gasteiger partial charge < -0.3 is 15.2 Å². The van der Waals surface area contributed by atoms with Gasteiger partial charge in [0.1, 0.15) is 5.69 Å². The summed E-state index contributed by atoms with van der Waals surface area (Å²) in [6, 6.07) is 14.2. The Bertz CT molecular complexity index is 911. The van der Waals surface area contributed by atoms with E-state index >= 15 is 0 Å². The number of rotatable bonds is 8. The Kier molecular flexibility index (Phi) is 9.72. The maximum absolute atomic E-state index is 5.29. The highest BCUT2D eigenvalue weighted by molar-refractivity contribution is 14.0. The highest BCUT2D eigenvalue weighted by Crippen LogP contribution is 2.16. The van der Waals surface area contributed by atoms with Gasteiger partial charge in [0.25, 0.3) is 5.89 Å². The van der Waals surface area contributed by atoms with Crippen LogP contribution in [0.1, 0.15) is 36.7 Å². The van der Waals surface area contributed by atoms with E-state index < -0.39 is 0 Å². The van der Waals surface area contributed by atoms with Gasteiger partial charge in [-0.15, -0.1) is 24.0 Å². The van der Waals surface area contributed by atoms with Gasteiger partial charge in [0, 0.05) is 38.2 Å². The second-order valence-corrected chi connectivity index (χ2v) is 6.94. The Hall–Kier alpha value is -2.49. The number of aromatic nitrogens is 3. The number of guanidine groups is 1. The minimum Gasteiger partial charge on any atom is -0.357 e. The standard InChI is InChI=1S/C22H28N6O.HI/c1-4-23-22(26-15-17(3)18-10-8-16(2)9-11-18)25-14-12-20-27-21(29-28-20)19-7-5-6-13-24-19;/h5-11,13,17H,4,12,14-15H2,1-3H3,(H2,23,25,26);1H. The van der Waals surface area contributed by atoms with E-state index in [1.54, 1.807) is 6.20 Å². The molecule has 0 bridgehead atoms. The molecule has 2 N–H and O–H groups in total. The molecule has 1 atom stereocenters. The Morgan fingerprint density at radius 1 is 1.13 bits per heavy atom. The quantitative estimate of drug-likeness (QED) is 0.266. The van der Waals surface area contributed by atoms with Crippen LogP contribution in [0.25, 0.3) is 11.6 Å². The summed E-state index contributed by atoms with van der Waals surface area (Å²) < 4.78 is 5.29. The van der Waals surface area contributed by atoms with E-state index in [-0.39, 0.29) is 24.0 Å². The summed E-state index contributed by atoms with van der Waals surface area (Å²) in [4.78, 5) is 13.3. The van der Waals surface area contributed by atoms with Crippen LogP contribution >= 0.6 is 24.0 Å². The van der Waals surface area contributed by atoms with Crippen molar-refractivity contribution in [3.8, 4) is 11.6 Å². The number of aliphatic imine (C=N–C) groups is 1. The first-order valence-electron chi connectivity index (χ1n) is 9.98. The molecule has 0 fully saturated rings. The number of benzene rings is 1. The number of nitrogens with one attached hydrogen (secondary N) is 2. The summed E-state index contributed by atoms with van der Waals surface area (Å²) in [5, 5.41) is 10.6. The molecule has 2 heterocycles. The third-order valence-corrected chi connectivity index (χ3v) is 4.51. The minimum absolute atomic E-state index is 0. The average Bonchev–Trinajstić information content (AvgIpc) is 3.22. The molecule has 0 aliphatic rings. The van der Waals surface area contributed by atoms with E-state index in [1.807, 2.05) is 18.2 Å². The zero-order valence-corrected chi connectivity index (χ0v) is 20.0. The van der Waals surface area contributed by atoms with Gasteiger partial charge in [-0.3, -0.25) is 9.98 Å². The third-order valence-electron chi connectivity index (χ3n) is 4.51. The molecule has 3 rings (SSSR count). The number of nitrogens with zero attached hydrogens (tertiary/aromatic N) is 4. The van der Waals surface area contributed by atoms with Crippen LogP contribution < -0.4 is 10.6 Å². The largest absolute Gasteiger partial charge is 0.357 e. The van der Waals surface area contributed by atoms with Gasteiger partial charge in [0.2, 0.25) is 0 Å². The molecule has 0 aliphatic carbocycles. The van der Waals surface area contributed by atoms with Gasteiger partial charge in [-0.1, -0.05) is 48.0 Å². The molecule has 0 saturated carbocycles. The van der Waals surface area contributed by atoms with Gasteiger partial charge in [0.15, 0.2) is 11.8 Å². The van der Waals surface area contributed by atoms with Crippen LogP contribution in [-0.2, 0) is 6.42 Å². The lowest BCUT2D eigenvalue weighted by atomic mass is 10.0. The van der Waals surface area contributed by atoms with Crippen molar-refractivity contribution in [3.05, 3.63) is 65.6 Å². The maximum Gasteiger partial charge on any atom is 0.276 e. The monoisotopic (exact) mass is 520 g/mol. The fourth-order valence-corrected chi connectivity index (χ4v) is 2.81. The van der Waals surface area contributed by atoms with E-state index in [4.69, 9.17) is 9.52 Å². The van der Waals surface area contributed by atoms with Gasteiger partial charge in [-0.2, -0.15) is 4.98 Å². The normalized spacial score (nSPS) is 12.2. The van der Waals surface area contributed by atoms with Crippen LogP contribution in [0, 0.1) is 6.92 Å². The van der Waals surface area contributed by atoms with Crippen molar-refractivity contribution in [3.63, 3.8) is 0 Å². The van der Waals surface area contributed by atoms with Gasteiger partial charge in [0.05, 0.1) is 0 Å². The Balaban J connectivity index is 0.00000320. The molecule has 0 amide bonds. The molecule has 0 saturated heterocycles. The predicted molar refractivity (Wildman–Crippen MR) is 130 cm³/mol. The summed E-state index contributed by atoms with van der Waals surface area (Å²) in [5.74, 6) is 2.22. The van der Waals surface area contributed by atoms with Gasteiger partial charge in [-0.05, 0) is 31.5 Å². The maximum atomic E-state index is 5.29. The first kappa shape index (κ1) is 23.8. The van der Waals surface area contributed by atoms with Crippen molar-refractivity contribution in [1.29, 1.82) is 0 Å². The minimum atomic E-state index is 0. The SMILES string of the molecule is CCNC(=NCC(C)c1ccc(C)cc1)NCCc1noc(-c2ccccn2)n1.I. The Morgan fingerprint density at radius 3 is 2.63 bits per heavy atom. The summed E-state index contributed by atoms with van der Waals surface area (Å²) in [6.45, 7) is 8.52. The molecule has 3 aromatic rings. The van der Waals surface area contributed by atoms with Crippen LogP contribution in [0.4, 0.5) is 0 Å². The topological polar surface area (TPSA) is 88.2 Å². The highest BCUT2D eigenvalue weighted by atomic mass is 127. The zero-order chi connectivity index (χ0) is 20.5. The highest BCUT2D eigenvalue weighted by Gasteiger charge is 2.10. The number of hydrogen-bond donors (Lipinski definition) is 2. The Morgan fingerprint density at radius 2 is 1.93 bits per heavy atom. The molecule has 0 radical (unpaired) electrons. The molecule has 8 heteroatoms. The van der Waals surface area contributed by atoms with E-state index in [0.717, 1.165) is 12.5 Å². The molecular formula is C22H29IN6O. The molecular weight excluding hydrogens is 491 g/mol. The van der Waals surface area contributed by atoms with Crippen LogP contribution in [0.15, 0.2) is 58.2 Å². The van der Waals surface area contributed by atoms with Crippen LogP contribution in [0.3, 0.4) is 0 Å². The average molecular weight is 520 g/mol. The summed E-state index contributed by atoms with van der Waals surface area (Å²) in [6.07, 6.45) is 2.34. The van der Waals surface area contributed by atoms with Crippen molar-refractivity contribution in [2.75, 3.05) is 19.6 Å². The van der Waals surface area contributed by atoms with E-state index in [2.05, 4.69) is 70.8 Å². The molecule has 1 aromatic carbocycles. The molecule has 30 heavy (non-hydrogen) atoms. The second kappa shape index (κ2) is 12.3. The van der Waals surface area contributed by atoms with Gasteiger partial charge >= 0.3 is 0 Å². The third kappa shape index (κ3) is 7.08. The first-order chi connectivity index (χ1) is 14.2. The molecule has 1 unspecified atom stereocenters. The van der Waals surface area contributed by atoms with Crippen LogP contribution in [0.5, 0.6) is 0 Å². The predicted octanol–water partition coefficient (Wildman–Crippen LogP) is 3.96. The van der Waals surface area contributed by atoms with E-state index in [1.165, 1.54) is 11.1 Å². The molecule has 7 nitrogen and oxygen atoms in total. The fraction of sp³-hybridized carbons (Fsp3) is 0.364. The second-order valence-electron chi connectivity index (χ2n) is 6.94. The number of aryl methyl sites for hydroxylation is 1. The van der Waals surface area contributed by atoms with Crippen LogP contribution in [0.2, 0.25) is 0 Å². The summed E-state index contributed by atoms with van der Waals surface area (Å²) in [5.41, 5.74) is 3.25. The fourth-order valence-electron chi connectivity index (χ4n) is 2.81. The smallest absolute Gasteiger partial charge is 0.276 e. The number of pyridine rings is 1. The molecule has 0 aliphatic heterocycles. The van der Waals surface area contributed by atoms with Crippen molar-refractivity contribution in [1.82, 2.24) is 25.8 Å². The van der Waals surface area contributed by atoms with Crippen LogP contribution in [-0.4, -0.2) is 40.7 Å². The van der Waals surface area contributed by atoms with Gasteiger partial charge in [-0.25, -0.2) is 0 Å². The Labute approximate surface area is 194 Å². The summed E-state index contributed by atoms with van der Waals surface area (Å²) >= 11 is 0. The first-order valence-corrected chi connectivity index (χ1v) is 9.98. The van der Waals surface area contributed by atoms with Crippen molar-refractivity contribution in [2.24, 2.45) is 4.99 Å². The lowest BCUT2D eigenvalue weighted by Gasteiger charge is -2.13. The van der Waals surface area contributed by atoms with E-state index in [9.17, 15) is 0 Å². The molecule has 0 spiro atoms. The number of halogens is 1. The van der Waals surface area contributed by atoms with E-state index in [0.29, 0.717) is 42.8 Å². The molecule has 160 valence electrons. The summed E-state index contributed by atoms with van der Waals surface area (Å²) in [7, 11) is 0.